The Hall–Kier alpha value is -2.44. The van der Waals surface area contributed by atoms with Crippen LogP contribution in [0.5, 0.6) is 0 Å². The Labute approximate surface area is 166 Å². The van der Waals surface area contributed by atoms with Crippen LogP contribution in [0.2, 0.25) is 0 Å². The normalized spacial score (nSPS) is 14.7. The Morgan fingerprint density at radius 1 is 1.14 bits per heavy atom. The highest BCUT2D eigenvalue weighted by Gasteiger charge is 2.29. The van der Waals surface area contributed by atoms with Crippen LogP contribution in [0.25, 0.3) is 5.57 Å². The molecule has 0 amide bonds. The van der Waals surface area contributed by atoms with Gasteiger partial charge in [-0.15, -0.1) is 0 Å². The van der Waals surface area contributed by atoms with Crippen molar-refractivity contribution in [2.24, 2.45) is 0 Å². The average molecular weight is 400 g/mol. The molecule has 148 valence electrons. The summed E-state index contributed by atoms with van der Waals surface area (Å²) in [6, 6.07) is 13.6. The summed E-state index contributed by atoms with van der Waals surface area (Å²) in [5.41, 5.74) is 4.21. The number of hydrogen-bond donors (Lipinski definition) is 1. The maximum absolute atomic E-state index is 12.8. The summed E-state index contributed by atoms with van der Waals surface area (Å²) < 4.78 is 33.3. The number of aryl methyl sites for hydroxylation is 2. The van der Waals surface area contributed by atoms with Gasteiger partial charge in [0.15, 0.2) is 0 Å². The first kappa shape index (κ1) is 20.3. The molecule has 2 aromatic carbocycles. The van der Waals surface area contributed by atoms with E-state index >= 15 is 0 Å². The number of esters is 1. The van der Waals surface area contributed by atoms with E-state index in [1.54, 1.807) is 19.1 Å². The molecule has 0 saturated heterocycles. The van der Waals surface area contributed by atoms with Gasteiger partial charge >= 0.3 is 5.97 Å². The predicted molar refractivity (Wildman–Crippen MR) is 109 cm³/mol. The summed E-state index contributed by atoms with van der Waals surface area (Å²) >= 11 is 0. The first-order chi connectivity index (χ1) is 13.4. The second-order valence-corrected chi connectivity index (χ2v) is 8.58. The fraction of sp³-hybridized carbons (Fsp3) is 0.318. The van der Waals surface area contributed by atoms with Gasteiger partial charge in [-0.05, 0) is 61.9 Å². The third-order valence-corrected chi connectivity index (χ3v) is 6.28. The largest absolute Gasteiger partial charge is 0.465 e. The van der Waals surface area contributed by atoms with Gasteiger partial charge in [-0.1, -0.05) is 48.0 Å². The van der Waals surface area contributed by atoms with Crippen molar-refractivity contribution < 1.29 is 17.9 Å². The number of sulfonamides is 1. The molecule has 0 aromatic heterocycles. The number of nitrogens with one attached hydrogen (secondary N) is 1. The molecule has 1 unspecified atom stereocenters. The van der Waals surface area contributed by atoms with E-state index in [1.165, 1.54) is 17.7 Å². The monoisotopic (exact) mass is 399 g/mol. The van der Waals surface area contributed by atoms with Crippen LogP contribution in [0.4, 0.5) is 0 Å². The summed E-state index contributed by atoms with van der Waals surface area (Å²) in [5.74, 6) is -0.567. The predicted octanol–water partition coefficient (Wildman–Crippen LogP) is 3.62. The second-order valence-electron chi connectivity index (χ2n) is 6.87. The van der Waals surface area contributed by atoms with Crippen molar-refractivity contribution in [1.82, 2.24) is 4.72 Å². The highest BCUT2D eigenvalue weighted by molar-refractivity contribution is 7.89. The number of hydrogen-bond acceptors (Lipinski definition) is 4. The molecular formula is C22H25NO4S. The van der Waals surface area contributed by atoms with Crippen LogP contribution in [0.1, 0.15) is 36.5 Å². The summed E-state index contributed by atoms with van der Waals surface area (Å²) in [7, 11) is -3.85. The van der Waals surface area contributed by atoms with Crippen molar-refractivity contribution in [2.45, 2.75) is 44.0 Å². The second kappa shape index (κ2) is 8.71. The zero-order chi connectivity index (χ0) is 20.1. The van der Waals surface area contributed by atoms with Crippen molar-refractivity contribution in [3.05, 3.63) is 71.3 Å². The van der Waals surface area contributed by atoms with Crippen molar-refractivity contribution in [1.29, 1.82) is 0 Å². The molecule has 1 atom stereocenters. The number of rotatable bonds is 7. The fourth-order valence-corrected chi connectivity index (χ4v) is 4.55. The first-order valence-electron chi connectivity index (χ1n) is 9.43. The lowest BCUT2D eigenvalue weighted by atomic mass is 9.88. The summed E-state index contributed by atoms with van der Waals surface area (Å²) in [6.45, 7) is 3.79. The highest BCUT2D eigenvalue weighted by Crippen LogP contribution is 2.30. The number of carbonyl (C=O) groups excluding carboxylic acids is 1. The molecule has 0 aliphatic heterocycles. The van der Waals surface area contributed by atoms with Crippen molar-refractivity contribution in [2.75, 3.05) is 6.61 Å². The molecule has 3 rings (SSSR count). The fourth-order valence-electron chi connectivity index (χ4n) is 3.37. The molecule has 0 radical (unpaired) electrons. The lowest BCUT2D eigenvalue weighted by molar-refractivity contribution is -0.144. The van der Waals surface area contributed by atoms with E-state index in [4.69, 9.17) is 4.74 Å². The van der Waals surface area contributed by atoms with E-state index in [2.05, 4.69) is 16.9 Å². The molecule has 1 aliphatic carbocycles. The van der Waals surface area contributed by atoms with E-state index in [-0.39, 0.29) is 17.9 Å². The molecule has 0 bridgehead atoms. The quantitative estimate of drug-likeness (QED) is 0.722. The minimum absolute atomic E-state index is 0.130. The number of ether oxygens (including phenoxy) is 1. The number of carbonyl (C=O) groups is 1. The van der Waals surface area contributed by atoms with Gasteiger partial charge in [0.25, 0.3) is 0 Å². The smallest absolute Gasteiger partial charge is 0.324 e. The lowest BCUT2D eigenvalue weighted by Crippen LogP contribution is -2.42. The number of fused-ring (bicyclic) bond motifs is 1. The van der Waals surface area contributed by atoms with Crippen molar-refractivity contribution in [3.8, 4) is 0 Å². The zero-order valence-corrected chi connectivity index (χ0v) is 17.0. The maximum Gasteiger partial charge on any atom is 0.324 e. The molecule has 1 aliphatic rings. The highest BCUT2D eigenvalue weighted by atomic mass is 32.2. The first-order valence-corrected chi connectivity index (χ1v) is 10.9. The van der Waals surface area contributed by atoms with Crippen LogP contribution < -0.4 is 4.72 Å². The maximum atomic E-state index is 12.8. The van der Waals surface area contributed by atoms with Crippen LogP contribution in [0, 0.1) is 6.92 Å². The Morgan fingerprint density at radius 3 is 2.57 bits per heavy atom. The van der Waals surface area contributed by atoms with Crippen LogP contribution in [0.15, 0.2) is 59.5 Å². The molecule has 28 heavy (non-hydrogen) atoms. The van der Waals surface area contributed by atoms with Gasteiger partial charge in [0.2, 0.25) is 10.0 Å². The average Bonchev–Trinajstić information content (AvgIpc) is 2.68. The molecule has 5 nitrogen and oxygen atoms in total. The van der Waals surface area contributed by atoms with E-state index in [9.17, 15) is 13.2 Å². The van der Waals surface area contributed by atoms with Crippen LogP contribution in [0.3, 0.4) is 0 Å². The van der Waals surface area contributed by atoms with Crippen molar-refractivity contribution in [3.63, 3.8) is 0 Å². The molecule has 1 N–H and O–H groups in total. The van der Waals surface area contributed by atoms with Crippen LogP contribution in [-0.2, 0) is 26.0 Å². The van der Waals surface area contributed by atoms with E-state index in [0.29, 0.717) is 0 Å². The molecule has 6 heteroatoms. The Balaban J connectivity index is 1.87. The van der Waals surface area contributed by atoms with Gasteiger partial charge < -0.3 is 4.74 Å². The zero-order valence-electron chi connectivity index (χ0n) is 16.1. The van der Waals surface area contributed by atoms with E-state index in [1.807, 2.05) is 25.1 Å². The van der Waals surface area contributed by atoms with Crippen molar-refractivity contribution >= 4 is 21.6 Å². The standard InChI is InChI=1S/C22H25NO4S/c1-3-27-22(24)21(23-28(25,26)19-13-11-16(2)12-14-19)15-18-9-6-8-17-7-4-5-10-20(17)18/h4-5,7,9-14,21,23H,3,6,8,15H2,1-2H3. The van der Waals surface area contributed by atoms with Crippen LogP contribution >= 0.6 is 0 Å². The van der Waals surface area contributed by atoms with Gasteiger partial charge in [-0.2, -0.15) is 4.72 Å². The SMILES string of the molecule is CCOC(=O)C(CC1=CCCc2ccccc21)NS(=O)(=O)c1ccc(C)cc1. The third-order valence-electron chi connectivity index (χ3n) is 4.79. The lowest BCUT2D eigenvalue weighted by Gasteiger charge is -2.22. The van der Waals surface area contributed by atoms with Gasteiger partial charge in [0, 0.05) is 0 Å². The number of allylic oxidation sites excluding steroid dienone is 1. The van der Waals surface area contributed by atoms with E-state index in [0.717, 1.165) is 29.5 Å². The van der Waals surface area contributed by atoms with Gasteiger partial charge in [0.05, 0.1) is 11.5 Å². The minimum atomic E-state index is -3.85. The molecule has 2 aromatic rings. The molecule has 0 saturated carbocycles. The molecule has 0 spiro atoms. The van der Waals surface area contributed by atoms with Gasteiger partial charge in [-0.25, -0.2) is 8.42 Å². The Bertz CT molecular complexity index is 978. The van der Waals surface area contributed by atoms with Gasteiger partial charge in [0.1, 0.15) is 6.04 Å². The molecule has 0 fully saturated rings. The summed E-state index contributed by atoms with van der Waals surface area (Å²) in [6.07, 6.45) is 4.14. The topological polar surface area (TPSA) is 72.5 Å². The van der Waals surface area contributed by atoms with E-state index < -0.39 is 22.0 Å². The third kappa shape index (κ3) is 4.69. The Morgan fingerprint density at radius 2 is 1.86 bits per heavy atom. The summed E-state index contributed by atoms with van der Waals surface area (Å²) in [5, 5.41) is 0. The van der Waals surface area contributed by atoms with Gasteiger partial charge in [-0.3, -0.25) is 4.79 Å². The number of benzene rings is 2. The Kier molecular flexibility index (Phi) is 6.31. The summed E-state index contributed by atoms with van der Waals surface area (Å²) in [4.78, 5) is 12.6. The molecular weight excluding hydrogens is 374 g/mol. The minimum Gasteiger partial charge on any atom is -0.465 e. The van der Waals surface area contributed by atoms with Crippen LogP contribution in [-0.4, -0.2) is 27.0 Å². The molecule has 0 heterocycles.